The molecular formula is C16H12Cl2I2. The molecule has 0 radical (unpaired) electrons. The number of hydrogen-bond acceptors (Lipinski definition) is 0. The van der Waals surface area contributed by atoms with Crippen LogP contribution in [0.25, 0.3) is 5.57 Å². The molecule has 0 atom stereocenters. The highest BCUT2D eigenvalue weighted by atomic mass is 127. The molecule has 0 saturated carbocycles. The van der Waals surface area contributed by atoms with Crippen molar-refractivity contribution in [2.24, 2.45) is 0 Å². The van der Waals surface area contributed by atoms with Gasteiger partial charge in [0.25, 0.3) is 0 Å². The summed E-state index contributed by atoms with van der Waals surface area (Å²) in [5, 5.41) is 1.52. The maximum atomic E-state index is 5.99. The third-order valence-electron chi connectivity index (χ3n) is 2.85. The van der Waals surface area contributed by atoms with E-state index in [1.54, 1.807) is 0 Å². The van der Waals surface area contributed by atoms with Crippen molar-refractivity contribution in [1.82, 2.24) is 0 Å². The molecule has 0 N–H and O–H groups in total. The summed E-state index contributed by atoms with van der Waals surface area (Å²) in [4.78, 5) is 0. The van der Waals surface area contributed by atoms with Crippen LogP contribution < -0.4 is 0 Å². The zero-order valence-corrected chi connectivity index (χ0v) is 16.4. The topological polar surface area (TPSA) is 0 Å². The van der Waals surface area contributed by atoms with Crippen molar-refractivity contribution in [2.45, 2.75) is 6.42 Å². The molecule has 0 aliphatic carbocycles. The molecule has 0 saturated heterocycles. The van der Waals surface area contributed by atoms with E-state index in [0.29, 0.717) is 0 Å². The Labute approximate surface area is 156 Å². The van der Waals surface area contributed by atoms with Gasteiger partial charge in [-0.25, -0.2) is 0 Å². The third-order valence-corrected chi connectivity index (χ3v) is 4.97. The van der Waals surface area contributed by atoms with Crippen LogP contribution in [0.2, 0.25) is 10.0 Å². The van der Waals surface area contributed by atoms with E-state index in [4.69, 9.17) is 23.2 Å². The molecule has 0 amide bonds. The molecule has 0 aliphatic heterocycles. The molecule has 2 aromatic rings. The van der Waals surface area contributed by atoms with E-state index in [2.05, 4.69) is 69.4 Å². The van der Waals surface area contributed by atoms with Crippen molar-refractivity contribution < 1.29 is 0 Å². The van der Waals surface area contributed by atoms with Gasteiger partial charge in [0.1, 0.15) is 0 Å². The molecule has 0 aromatic heterocycles. The van der Waals surface area contributed by atoms with Gasteiger partial charge in [0.2, 0.25) is 0 Å². The van der Waals surface area contributed by atoms with Crippen molar-refractivity contribution in [2.75, 3.05) is 4.43 Å². The number of benzene rings is 2. The fourth-order valence-electron chi connectivity index (χ4n) is 1.92. The van der Waals surface area contributed by atoms with Crippen LogP contribution >= 0.6 is 68.4 Å². The molecule has 20 heavy (non-hydrogen) atoms. The molecule has 0 aliphatic rings. The maximum absolute atomic E-state index is 5.99. The summed E-state index contributed by atoms with van der Waals surface area (Å²) in [5.41, 5.74) is 3.63. The maximum Gasteiger partial charge on any atom is 0.0406 e. The summed E-state index contributed by atoms with van der Waals surface area (Å²) >= 11 is 16.8. The molecule has 0 fully saturated rings. The fraction of sp³-hybridized carbons (Fsp3) is 0.125. The van der Waals surface area contributed by atoms with Gasteiger partial charge >= 0.3 is 0 Å². The normalized spacial score (nSPS) is 10.4. The van der Waals surface area contributed by atoms with Gasteiger partial charge in [-0.1, -0.05) is 70.1 Å². The van der Waals surface area contributed by atoms with Crippen molar-refractivity contribution in [1.29, 1.82) is 0 Å². The Bertz CT molecular complexity index is 554. The first kappa shape index (κ1) is 16.6. The quantitative estimate of drug-likeness (QED) is 0.296. The van der Waals surface area contributed by atoms with Crippen LogP contribution in [0, 0.1) is 0 Å². The van der Waals surface area contributed by atoms with Gasteiger partial charge in [0, 0.05) is 14.5 Å². The molecule has 2 rings (SSSR count). The van der Waals surface area contributed by atoms with Crippen molar-refractivity contribution >= 4 is 74.0 Å². The number of hydrogen-bond donors (Lipinski definition) is 0. The average Bonchev–Trinajstić information content (AvgIpc) is 2.44. The minimum Gasteiger partial charge on any atom is -0.0860 e. The summed E-state index contributed by atoms with van der Waals surface area (Å²) < 4.78 is 2.45. The molecule has 2 aromatic carbocycles. The van der Waals surface area contributed by atoms with Gasteiger partial charge in [-0.15, -0.1) is 0 Å². The summed E-state index contributed by atoms with van der Waals surface area (Å²) in [5.74, 6) is 0. The zero-order valence-electron chi connectivity index (χ0n) is 10.5. The van der Waals surface area contributed by atoms with Gasteiger partial charge in [-0.2, -0.15) is 0 Å². The van der Waals surface area contributed by atoms with Crippen LogP contribution in [0.5, 0.6) is 0 Å². The first-order valence-corrected chi connectivity index (χ1v) is 9.44. The zero-order chi connectivity index (χ0) is 14.5. The average molecular weight is 529 g/mol. The van der Waals surface area contributed by atoms with Crippen LogP contribution in [-0.4, -0.2) is 4.43 Å². The van der Waals surface area contributed by atoms with E-state index in [-0.39, 0.29) is 0 Å². The lowest BCUT2D eigenvalue weighted by atomic mass is 9.97. The summed E-state index contributed by atoms with van der Waals surface area (Å²) in [6.45, 7) is 0. The number of halogens is 4. The molecule has 0 spiro atoms. The van der Waals surface area contributed by atoms with E-state index >= 15 is 0 Å². The number of allylic oxidation sites excluding steroid dienone is 1. The largest absolute Gasteiger partial charge is 0.0860 e. The predicted octanol–water partition coefficient (Wildman–Crippen LogP) is 7.01. The molecule has 0 nitrogen and oxygen atoms in total. The van der Waals surface area contributed by atoms with Crippen molar-refractivity contribution in [3.8, 4) is 0 Å². The number of rotatable bonds is 4. The lowest BCUT2D eigenvalue weighted by Crippen LogP contribution is -1.92. The monoisotopic (exact) mass is 528 g/mol. The Morgan fingerprint density at radius 1 is 0.800 bits per heavy atom. The minimum absolute atomic E-state index is 0.758. The highest BCUT2D eigenvalue weighted by Crippen LogP contribution is 2.33. The SMILES string of the molecule is Clc1ccc(C(=C(I)CCI)c2ccc(Cl)cc2)cc1. The van der Waals surface area contributed by atoms with Crippen LogP contribution in [0.3, 0.4) is 0 Å². The molecule has 4 heteroatoms. The summed E-state index contributed by atoms with van der Waals surface area (Å²) in [6, 6.07) is 16.0. The fourth-order valence-corrected chi connectivity index (χ4v) is 4.64. The Morgan fingerprint density at radius 3 is 1.55 bits per heavy atom. The van der Waals surface area contributed by atoms with Crippen LogP contribution in [0.15, 0.2) is 52.1 Å². The summed E-state index contributed by atoms with van der Waals surface area (Å²) in [7, 11) is 0. The molecular weight excluding hydrogens is 517 g/mol. The van der Waals surface area contributed by atoms with Crippen LogP contribution in [0.4, 0.5) is 0 Å². The minimum atomic E-state index is 0.758. The third kappa shape index (κ3) is 4.36. The Hall–Kier alpha value is 0.220. The second-order valence-electron chi connectivity index (χ2n) is 4.23. The summed E-state index contributed by atoms with van der Waals surface area (Å²) in [6.07, 6.45) is 1.06. The molecule has 0 bridgehead atoms. The lowest BCUT2D eigenvalue weighted by Gasteiger charge is -2.12. The highest BCUT2D eigenvalue weighted by Gasteiger charge is 2.10. The Morgan fingerprint density at radius 2 is 1.20 bits per heavy atom. The standard InChI is InChI=1S/C16H12Cl2I2/c17-13-5-1-11(2-6-13)16(15(20)9-10-19)12-3-7-14(18)8-4-12/h1-8H,9-10H2. The first-order valence-electron chi connectivity index (χ1n) is 6.08. The van der Waals surface area contributed by atoms with Gasteiger partial charge in [-0.3, -0.25) is 0 Å². The molecule has 0 unspecified atom stereocenters. The van der Waals surface area contributed by atoms with Crippen molar-refractivity contribution in [3.63, 3.8) is 0 Å². The number of alkyl halides is 1. The van der Waals surface area contributed by atoms with Gasteiger partial charge in [0.15, 0.2) is 0 Å². The lowest BCUT2D eigenvalue weighted by molar-refractivity contribution is 1.26. The Balaban J connectivity index is 2.53. The van der Waals surface area contributed by atoms with E-state index in [1.807, 2.05) is 24.3 Å². The van der Waals surface area contributed by atoms with Crippen LogP contribution in [-0.2, 0) is 0 Å². The molecule has 104 valence electrons. The van der Waals surface area contributed by atoms with Crippen molar-refractivity contribution in [3.05, 3.63) is 73.3 Å². The Kier molecular flexibility index (Phi) is 6.65. The van der Waals surface area contributed by atoms with E-state index < -0.39 is 0 Å². The second kappa shape index (κ2) is 8.01. The van der Waals surface area contributed by atoms with Gasteiger partial charge in [0.05, 0.1) is 0 Å². The van der Waals surface area contributed by atoms with Gasteiger partial charge < -0.3 is 0 Å². The second-order valence-corrected chi connectivity index (χ2v) is 7.49. The molecule has 0 heterocycles. The van der Waals surface area contributed by atoms with Gasteiger partial charge in [-0.05, 0) is 73.6 Å². The predicted molar refractivity (Wildman–Crippen MR) is 106 cm³/mol. The smallest absolute Gasteiger partial charge is 0.0406 e. The van der Waals surface area contributed by atoms with E-state index in [9.17, 15) is 0 Å². The highest BCUT2D eigenvalue weighted by molar-refractivity contribution is 14.1. The first-order chi connectivity index (χ1) is 9.61. The van der Waals surface area contributed by atoms with E-state index in [1.165, 1.54) is 20.3 Å². The van der Waals surface area contributed by atoms with E-state index in [0.717, 1.165) is 20.9 Å². The van der Waals surface area contributed by atoms with Crippen LogP contribution in [0.1, 0.15) is 17.5 Å².